The number of piperidine rings is 1. The average molecular weight is 337 g/mol. The van der Waals surface area contributed by atoms with Crippen molar-refractivity contribution in [3.8, 4) is 0 Å². The zero-order valence-electron chi connectivity index (χ0n) is 15.3. The Hall–Kier alpha value is -1.16. The molecule has 1 aliphatic heterocycles. The van der Waals surface area contributed by atoms with Gasteiger partial charge in [0.25, 0.3) is 0 Å². The van der Waals surface area contributed by atoms with Gasteiger partial charge in [0.1, 0.15) is 5.78 Å². The van der Waals surface area contributed by atoms with Crippen LogP contribution in [0.2, 0.25) is 0 Å². The molecule has 0 aromatic heterocycles. The number of carbonyl (C=O) groups excluding carboxylic acids is 1. The zero-order chi connectivity index (χ0) is 17.5. The van der Waals surface area contributed by atoms with Crippen LogP contribution in [0.3, 0.4) is 0 Å². The molecule has 0 radical (unpaired) electrons. The normalized spacial score (nSPS) is 16.5. The number of Topliss-reactive ketones (excluding diaryl/α,β-unsaturated/α-hetero) is 1. The van der Waals surface area contributed by atoms with Crippen molar-refractivity contribution in [2.24, 2.45) is 5.10 Å². The van der Waals surface area contributed by atoms with E-state index in [9.17, 15) is 9.90 Å². The Morgan fingerprint density at radius 1 is 1.08 bits per heavy atom. The van der Waals surface area contributed by atoms with Crippen molar-refractivity contribution in [2.45, 2.75) is 89.6 Å². The fourth-order valence-corrected chi connectivity index (χ4v) is 3.07. The lowest BCUT2D eigenvalue weighted by Crippen LogP contribution is -2.24. The quantitative estimate of drug-likeness (QED) is 0.289. The van der Waals surface area contributed by atoms with E-state index in [1.165, 1.54) is 44.9 Å². The Bertz CT molecular complexity index is 363. The average Bonchev–Trinajstić information content (AvgIpc) is 2.58. The minimum Gasteiger partial charge on any atom is -0.393 e. The molecule has 0 aliphatic carbocycles. The first-order valence-corrected chi connectivity index (χ1v) is 9.80. The number of allylic oxidation sites excluding steroid dienone is 1. The van der Waals surface area contributed by atoms with Crippen LogP contribution in [0.25, 0.3) is 0 Å². The monoisotopic (exact) mass is 336 g/mol. The standard InChI is InChI=1S/C20H36N2O2/c1-2-3-4-5-6-7-8-10-13-19(23)18-20(24)14-15-21-22-16-11-9-12-17-22/h2,15,19,23H,1,3-14,16-18H2/b21-15+/t19-/m0/s1. The van der Waals surface area contributed by atoms with Gasteiger partial charge in [-0.15, -0.1) is 6.58 Å². The van der Waals surface area contributed by atoms with Crippen molar-refractivity contribution in [3.63, 3.8) is 0 Å². The fourth-order valence-electron chi connectivity index (χ4n) is 3.07. The smallest absolute Gasteiger partial charge is 0.140 e. The van der Waals surface area contributed by atoms with Crippen LogP contribution in [0.1, 0.15) is 83.5 Å². The molecular formula is C20H36N2O2. The lowest BCUT2D eigenvalue weighted by atomic mass is 10.0. The minimum atomic E-state index is -0.485. The minimum absolute atomic E-state index is 0.0904. The molecule has 0 unspecified atom stereocenters. The van der Waals surface area contributed by atoms with Gasteiger partial charge in [-0.1, -0.05) is 38.2 Å². The molecule has 0 amide bonds. The van der Waals surface area contributed by atoms with Gasteiger partial charge >= 0.3 is 0 Å². The Kier molecular flexibility index (Phi) is 12.4. The maximum Gasteiger partial charge on any atom is 0.140 e. The predicted molar refractivity (Wildman–Crippen MR) is 101 cm³/mol. The van der Waals surface area contributed by atoms with E-state index in [1.807, 2.05) is 11.1 Å². The Balaban J connectivity index is 1.97. The third kappa shape index (κ3) is 11.4. The molecule has 1 atom stereocenters. The number of unbranched alkanes of at least 4 members (excludes halogenated alkanes) is 6. The first kappa shape index (κ1) is 20.9. The van der Waals surface area contributed by atoms with Gasteiger partial charge in [0.15, 0.2) is 0 Å². The highest BCUT2D eigenvalue weighted by Crippen LogP contribution is 2.12. The maximum atomic E-state index is 11.9. The molecule has 1 N–H and O–H groups in total. The fraction of sp³-hybridized carbons (Fsp3) is 0.800. The van der Waals surface area contributed by atoms with E-state index in [-0.39, 0.29) is 12.2 Å². The van der Waals surface area contributed by atoms with E-state index in [2.05, 4.69) is 11.7 Å². The van der Waals surface area contributed by atoms with Gasteiger partial charge in [0.2, 0.25) is 0 Å². The summed E-state index contributed by atoms with van der Waals surface area (Å²) in [7, 11) is 0. The summed E-state index contributed by atoms with van der Waals surface area (Å²) in [4.78, 5) is 11.9. The van der Waals surface area contributed by atoms with Crippen molar-refractivity contribution in [2.75, 3.05) is 13.1 Å². The molecule has 0 spiro atoms. The van der Waals surface area contributed by atoms with Crippen LogP contribution < -0.4 is 0 Å². The molecule has 1 fully saturated rings. The summed E-state index contributed by atoms with van der Waals surface area (Å²) < 4.78 is 0. The van der Waals surface area contributed by atoms with E-state index < -0.39 is 6.10 Å². The molecule has 1 saturated heterocycles. The third-order valence-corrected chi connectivity index (χ3v) is 4.56. The number of aliphatic hydroxyl groups is 1. The summed E-state index contributed by atoms with van der Waals surface area (Å²) in [5, 5.41) is 16.3. The summed E-state index contributed by atoms with van der Waals surface area (Å²) in [6.07, 6.45) is 16.5. The van der Waals surface area contributed by atoms with E-state index >= 15 is 0 Å². The summed E-state index contributed by atoms with van der Waals surface area (Å²) in [6, 6.07) is 0. The number of hydrogen-bond donors (Lipinski definition) is 1. The number of nitrogens with zero attached hydrogens (tertiary/aromatic N) is 2. The lowest BCUT2D eigenvalue weighted by Gasteiger charge is -2.23. The van der Waals surface area contributed by atoms with Gasteiger partial charge in [-0.25, -0.2) is 0 Å². The van der Waals surface area contributed by atoms with Crippen LogP contribution in [0.5, 0.6) is 0 Å². The van der Waals surface area contributed by atoms with E-state index in [1.54, 1.807) is 6.21 Å². The van der Waals surface area contributed by atoms with Gasteiger partial charge in [-0.3, -0.25) is 9.80 Å². The van der Waals surface area contributed by atoms with Crippen molar-refractivity contribution in [3.05, 3.63) is 12.7 Å². The number of rotatable bonds is 14. The number of aliphatic hydroxyl groups excluding tert-OH is 1. The number of hydrogen-bond acceptors (Lipinski definition) is 4. The van der Waals surface area contributed by atoms with Gasteiger partial charge in [0, 0.05) is 32.1 Å². The molecule has 4 nitrogen and oxygen atoms in total. The highest BCUT2D eigenvalue weighted by Gasteiger charge is 2.10. The van der Waals surface area contributed by atoms with Crippen LogP contribution in [0.4, 0.5) is 0 Å². The first-order chi connectivity index (χ1) is 11.7. The van der Waals surface area contributed by atoms with Gasteiger partial charge in [-0.2, -0.15) is 5.10 Å². The number of ketones is 1. The number of carbonyl (C=O) groups is 1. The summed E-state index contributed by atoms with van der Waals surface area (Å²) in [5.74, 6) is 0.0904. The predicted octanol–water partition coefficient (Wildman–Crippen LogP) is 4.48. The van der Waals surface area contributed by atoms with Crippen LogP contribution in [-0.2, 0) is 4.79 Å². The molecule has 1 rings (SSSR count). The second kappa shape index (κ2) is 14.2. The van der Waals surface area contributed by atoms with E-state index in [0.717, 1.165) is 38.8 Å². The lowest BCUT2D eigenvalue weighted by molar-refractivity contribution is -0.119. The van der Waals surface area contributed by atoms with E-state index in [4.69, 9.17) is 0 Å². The van der Waals surface area contributed by atoms with Crippen molar-refractivity contribution in [1.82, 2.24) is 5.01 Å². The van der Waals surface area contributed by atoms with Crippen LogP contribution in [0.15, 0.2) is 17.8 Å². The molecule has 0 bridgehead atoms. The van der Waals surface area contributed by atoms with E-state index in [0.29, 0.717) is 6.42 Å². The van der Waals surface area contributed by atoms with Crippen molar-refractivity contribution < 1.29 is 9.90 Å². The molecule has 4 heteroatoms. The largest absolute Gasteiger partial charge is 0.393 e. The molecule has 0 aromatic rings. The maximum absolute atomic E-state index is 11.9. The summed E-state index contributed by atoms with van der Waals surface area (Å²) in [6.45, 7) is 5.73. The molecule has 1 heterocycles. The highest BCUT2D eigenvalue weighted by atomic mass is 16.3. The summed E-state index contributed by atoms with van der Waals surface area (Å²) >= 11 is 0. The molecule has 0 aromatic carbocycles. The molecule has 1 aliphatic rings. The highest BCUT2D eigenvalue weighted by molar-refractivity contribution is 5.91. The van der Waals surface area contributed by atoms with Crippen molar-refractivity contribution in [1.29, 1.82) is 0 Å². The third-order valence-electron chi connectivity index (χ3n) is 4.56. The summed E-state index contributed by atoms with van der Waals surface area (Å²) in [5.41, 5.74) is 0. The topological polar surface area (TPSA) is 52.9 Å². The zero-order valence-corrected chi connectivity index (χ0v) is 15.3. The van der Waals surface area contributed by atoms with Crippen molar-refractivity contribution >= 4 is 12.0 Å². The Morgan fingerprint density at radius 3 is 2.46 bits per heavy atom. The second-order valence-corrected chi connectivity index (χ2v) is 6.90. The SMILES string of the molecule is C=CCCCCCCCC[C@H](O)CC(=O)C/C=N/N1CCCCC1. The molecule has 24 heavy (non-hydrogen) atoms. The van der Waals surface area contributed by atoms with Gasteiger partial charge in [-0.05, 0) is 38.5 Å². The Labute approximate surface area is 148 Å². The molecule has 138 valence electrons. The van der Waals surface area contributed by atoms with Crippen LogP contribution in [0, 0.1) is 0 Å². The first-order valence-electron chi connectivity index (χ1n) is 9.80. The molecule has 0 saturated carbocycles. The number of hydrazone groups is 1. The van der Waals surface area contributed by atoms with Gasteiger partial charge < -0.3 is 5.11 Å². The van der Waals surface area contributed by atoms with Crippen LogP contribution >= 0.6 is 0 Å². The molecular weight excluding hydrogens is 300 g/mol. The Morgan fingerprint density at radius 2 is 1.75 bits per heavy atom. The van der Waals surface area contributed by atoms with Crippen LogP contribution in [-0.4, -0.2) is 41.3 Å². The second-order valence-electron chi connectivity index (χ2n) is 6.90. The van der Waals surface area contributed by atoms with Gasteiger partial charge in [0.05, 0.1) is 6.10 Å².